The minimum absolute atomic E-state index is 0.00355. The number of aliphatic carboxylic acids is 1. The maximum Gasteiger partial charge on any atom is 0.408 e. The van der Waals surface area contributed by atoms with E-state index in [-0.39, 0.29) is 36.2 Å². The first-order chi connectivity index (χ1) is 11.4. The van der Waals surface area contributed by atoms with Gasteiger partial charge in [-0.3, -0.25) is 9.69 Å². The van der Waals surface area contributed by atoms with Crippen molar-refractivity contribution in [2.75, 3.05) is 13.2 Å². The predicted molar refractivity (Wildman–Crippen MR) is 96.3 cm³/mol. The predicted octanol–water partition coefficient (Wildman–Crippen LogP) is 3.34. The van der Waals surface area contributed by atoms with Crippen LogP contribution in [0.4, 0.5) is 4.79 Å². The molecule has 1 saturated heterocycles. The Kier molecular flexibility index (Phi) is 6.80. The summed E-state index contributed by atoms with van der Waals surface area (Å²) < 4.78 is 6.20. The number of carbonyl (C=O) groups excluding carboxylic acids is 1. The first-order valence-corrected chi connectivity index (χ1v) is 11.0. The summed E-state index contributed by atoms with van der Waals surface area (Å²) in [4.78, 5) is 36.9. The molecule has 1 fully saturated rings. The molecular weight excluding hydrogens is 342 g/mol. The molecule has 0 bridgehead atoms. The van der Waals surface area contributed by atoms with Crippen LogP contribution in [-0.2, 0) is 14.0 Å². The molecule has 8 heteroatoms. The molecule has 0 aliphatic carbocycles. The molecule has 1 unspecified atom stereocenters. The Morgan fingerprint density at radius 3 is 1.88 bits per heavy atom. The van der Waals surface area contributed by atoms with Gasteiger partial charge in [-0.25, -0.2) is 9.59 Å². The van der Waals surface area contributed by atoms with Crippen molar-refractivity contribution in [3.63, 3.8) is 0 Å². The summed E-state index contributed by atoms with van der Waals surface area (Å²) in [6.07, 6.45) is -1.03. The summed E-state index contributed by atoms with van der Waals surface area (Å²) in [7, 11) is -2.34. The van der Waals surface area contributed by atoms with E-state index < -0.39 is 31.7 Å². The normalized spacial score (nSPS) is 21.4. The first kappa shape index (κ1) is 21.6. The van der Waals surface area contributed by atoms with Crippen molar-refractivity contribution in [2.45, 2.75) is 76.5 Å². The number of carboxylic acids is 1. The van der Waals surface area contributed by atoms with Crippen LogP contribution in [0.25, 0.3) is 0 Å². The molecule has 2 N–H and O–H groups in total. The third kappa shape index (κ3) is 3.60. The van der Waals surface area contributed by atoms with Gasteiger partial charge in [-0.2, -0.15) is 0 Å². The molecule has 0 saturated carbocycles. The number of hydrogen-bond acceptors (Lipinski definition) is 4. The van der Waals surface area contributed by atoms with Gasteiger partial charge >= 0.3 is 12.1 Å². The van der Waals surface area contributed by atoms with Gasteiger partial charge in [0.1, 0.15) is 0 Å². The average Bonchev–Trinajstić information content (AvgIpc) is 2.92. The molecule has 0 spiro atoms. The van der Waals surface area contributed by atoms with Crippen molar-refractivity contribution in [3.8, 4) is 0 Å². The van der Waals surface area contributed by atoms with E-state index in [9.17, 15) is 24.6 Å². The number of amides is 1. The second-order valence-corrected chi connectivity index (χ2v) is 13.2. The summed E-state index contributed by atoms with van der Waals surface area (Å²) in [5.41, 5.74) is -1.27. The Balaban J connectivity index is 3.13. The molecular formula is C17H31NO6Si. The zero-order valence-corrected chi connectivity index (χ0v) is 17.0. The van der Waals surface area contributed by atoms with E-state index in [1.165, 1.54) is 0 Å². The summed E-state index contributed by atoms with van der Waals surface area (Å²) >= 11 is 0. The highest BCUT2D eigenvalue weighted by Gasteiger charge is 2.57. The van der Waals surface area contributed by atoms with Gasteiger partial charge in [-0.1, -0.05) is 41.5 Å². The minimum Gasteiger partial charge on any atom is -0.479 e. The van der Waals surface area contributed by atoms with Crippen LogP contribution in [0.1, 0.15) is 54.4 Å². The lowest BCUT2D eigenvalue weighted by atomic mass is 9.91. The van der Waals surface area contributed by atoms with E-state index in [1.807, 2.05) is 0 Å². The summed E-state index contributed by atoms with van der Waals surface area (Å²) in [6.45, 7) is 12.1. The molecule has 0 aromatic carbocycles. The molecule has 1 aliphatic heterocycles. The minimum atomic E-state index is -2.34. The van der Waals surface area contributed by atoms with Crippen molar-refractivity contribution in [1.82, 2.24) is 4.90 Å². The van der Waals surface area contributed by atoms with Crippen LogP contribution in [-0.4, -0.2) is 60.0 Å². The highest BCUT2D eigenvalue weighted by molar-refractivity contribution is 6.77. The molecule has 1 atom stereocenters. The molecule has 1 rings (SSSR count). The maximum atomic E-state index is 12.8. The monoisotopic (exact) mass is 373 g/mol. The summed E-state index contributed by atoms with van der Waals surface area (Å²) in [5, 5.41) is 19.0. The fourth-order valence-corrected chi connectivity index (χ4v) is 9.90. The Morgan fingerprint density at radius 1 is 1.04 bits per heavy atom. The Hall–Kier alpha value is -1.41. The first-order valence-electron chi connectivity index (χ1n) is 8.85. The zero-order valence-electron chi connectivity index (χ0n) is 16.0. The van der Waals surface area contributed by atoms with Gasteiger partial charge in [0.05, 0.1) is 6.61 Å². The van der Waals surface area contributed by atoms with E-state index in [0.29, 0.717) is 6.42 Å². The number of Topliss-reactive ketones (excluding diaryl/α,β-unsaturated/α-hetero) is 1. The molecule has 1 aliphatic rings. The fraction of sp³-hybridized carbons (Fsp3) is 0.824. The van der Waals surface area contributed by atoms with Gasteiger partial charge in [0.15, 0.2) is 5.78 Å². The van der Waals surface area contributed by atoms with Crippen LogP contribution in [0.3, 0.4) is 0 Å². The largest absolute Gasteiger partial charge is 0.479 e. The van der Waals surface area contributed by atoms with Crippen LogP contribution in [0, 0.1) is 0 Å². The van der Waals surface area contributed by atoms with Crippen molar-refractivity contribution in [1.29, 1.82) is 0 Å². The topological polar surface area (TPSA) is 104 Å². The molecule has 1 amide bonds. The van der Waals surface area contributed by atoms with Gasteiger partial charge in [0.25, 0.3) is 0 Å². The van der Waals surface area contributed by atoms with Crippen molar-refractivity contribution < 1.29 is 29.0 Å². The standard InChI is InChI=1S/C17H31NO6Si/c1-11(2)25(12(3)4,13(5)6)24-10-14(19)17(15(20)21)8-7-9-18(17)16(22)23/h11-13H,7-10H2,1-6H3,(H,20,21)(H,22,23). The van der Waals surface area contributed by atoms with Gasteiger partial charge in [0, 0.05) is 6.54 Å². The smallest absolute Gasteiger partial charge is 0.408 e. The molecule has 1 heterocycles. The third-order valence-electron chi connectivity index (χ3n) is 5.59. The number of rotatable bonds is 8. The molecule has 7 nitrogen and oxygen atoms in total. The molecule has 0 radical (unpaired) electrons. The molecule has 144 valence electrons. The number of likely N-dealkylation sites (tertiary alicyclic amines) is 1. The van der Waals surface area contributed by atoms with Crippen LogP contribution in [0.5, 0.6) is 0 Å². The van der Waals surface area contributed by atoms with Crippen LogP contribution < -0.4 is 0 Å². The highest BCUT2D eigenvalue weighted by atomic mass is 28.4. The number of carbonyl (C=O) groups is 3. The summed E-state index contributed by atoms with van der Waals surface area (Å²) in [5.74, 6) is -2.08. The van der Waals surface area contributed by atoms with Gasteiger partial charge in [-0.05, 0) is 29.5 Å². The van der Waals surface area contributed by atoms with Crippen LogP contribution >= 0.6 is 0 Å². The van der Waals surface area contributed by atoms with E-state index in [4.69, 9.17) is 4.43 Å². The lowest BCUT2D eigenvalue weighted by Crippen LogP contribution is -2.60. The van der Waals surface area contributed by atoms with Crippen LogP contribution in [0.2, 0.25) is 16.6 Å². The second-order valence-electron chi connectivity index (χ2n) is 7.73. The van der Waals surface area contributed by atoms with Crippen molar-refractivity contribution in [2.24, 2.45) is 0 Å². The van der Waals surface area contributed by atoms with Gasteiger partial charge in [-0.15, -0.1) is 0 Å². The molecule has 25 heavy (non-hydrogen) atoms. The maximum absolute atomic E-state index is 12.8. The van der Waals surface area contributed by atoms with Crippen molar-refractivity contribution in [3.05, 3.63) is 0 Å². The Labute approximate surface area is 150 Å². The third-order valence-corrected chi connectivity index (χ3v) is 11.6. The number of carboxylic acid groups (broad SMARTS) is 2. The van der Waals surface area contributed by atoms with E-state index in [2.05, 4.69) is 41.5 Å². The van der Waals surface area contributed by atoms with Crippen LogP contribution in [0.15, 0.2) is 0 Å². The lowest BCUT2D eigenvalue weighted by molar-refractivity contribution is -0.155. The number of ketones is 1. The highest BCUT2D eigenvalue weighted by Crippen LogP contribution is 2.42. The second kappa shape index (κ2) is 7.86. The number of nitrogens with zero attached hydrogens (tertiary/aromatic N) is 1. The molecule has 0 aromatic heterocycles. The zero-order chi connectivity index (χ0) is 19.6. The van der Waals surface area contributed by atoms with Gasteiger partial charge < -0.3 is 14.6 Å². The molecule has 0 aromatic rings. The van der Waals surface area contributed by atoms with E-state index >= 15 is 0 Å². The number of hydrogen-bond donors (Lipinski definition) is 2. The van der Waals surface area contributed by atoms with E-state index in [1.54, 1.807) is 0 Å². The lowest BCUT2D eigenvalue weighted by Gasteiger charge is -2.42. The quantitative estimate of drug-likeness (QED) is 0.499. The SMILES string of the molecule is CC(C)[Si](OCC(=O)C1(C(=O)O)CCCN1C(=O)O)(C(C)C)C(C)C. The van der Waals surface area contributed by atoms with Crippen molar-refractivity contribution >= 4 is 26.2 Å². The fourth-order valence-electron chi connectivity index (χ4n) is 4.52. The van der Waals surface area contributed by atoms with E-state index in [0.717, 1.165) is 4.90 Å². The summed E-state index contributed by atoms with van der Waals surface area (Å²) in [6, 6.07) is 0. The van der Waals surface area contributed by atoms with Gasteiger partial charge in [0.2, 0.25) is 13.9 Å². The Morgan fingerprint density at radius 2 is 1.52 bits per heavy atom. The Bertz CT molecular complexity index is 511. The average molecular weight is 374 g/mol.